The van der Waals surface area contributed by atoms with Gasteiger partial charge in [-0.25, -0.2) is 15.0 Å². The molecule has 4 rings (SSSR count). The average molecular weight is 321 g/mol. The fourth-order valence-electron chi connectivity index (χ4n) is 2.55. The zero-order chi connectivity index (χ0) is 16.5. The highest BCUT2D eigenvalue weighted by atomic mass is 16.5. The molecule has 0 aliphatic heterocycles. The molecule has 0 saturated heterocycles. The van der Waals surface area contributed by atoms with E-state index in [-0.39, 0.29) is 0 Å². The number of ether oxygens (including phenoxy) is 1. The van der Waals surface area contributed by atoms with Crippen molar-refractivity contribution in [2.75, 3.05) is 0 Å². The summed E-state index contributed by atoms with van der Waals surface area (Å²) in [6.45, 7) is 0. The third-order valence-electron chi connectivity index (χ3n) is 3.79. The quantitative estimate of drug-likeness (QED) is 0.603. The van der Waals surface area contributed by atoms with Crippen molar-refractivity contribution in [1.29, 1.82) is 0 Å². The molecular formula is C17H15N5O2. The number of hydrogen-bond acceptors (Lipinski definition) is 5. The van der Waals surface area contributed by atoms with Crippen LogP contribution in [0, 0.1) is 0 Å². The van der Waals surface area contributed by atoms with Gasteiger partial charge in [0.15, 0.2) is 6.10 Å². The average Bonchev–Trinajstić information content (AvgIpc) is 3.22. The second-order valence-corrected chi connectivity index (χ2v) is 5.41. The first kappa shape index (κ1) is 14.4. The van der Waals surface area contributed by atoms with Crippen LogP contribution in [0.1, 0.15) is 17.6 Å². The Labute approximate surface area is 137 Å². The highest BCUT2D eigenvalue weighted by molar-refractivity contribution is 5.80. The summed E-state index contributed by atoms with van der Waals surface area (Å²) in [6.07, 6.45) is 5.70. The van der Waals surface area contributed by atoms with Crippen molar-refractivity contribution >= 4 is 10.9 Å². The molecular weight excluding hydrogens is 306 g/mol. The lowest BCUT2D eigenvalue weighted by atomic mass is 10.2. The molecule has 0 fully saturated rings. The van der Waals surface area contributed by atoms with Crippen molar-refractivity contribution in [3.8, 4) is 11.6 Å². The van der Waals surface area contributed by atoms with E-state index < -0.39 is 6.10 Å². The lowest BCUT2D eigenvalue weighted by molar-refractivity contribution is 0.200. The minimum atomic E-state index is -0.942. The maximum absolute atomic E-state index is 10.4. The monoisotopic (exact) mass is 321 g/mol. The molecule has 0 amide bonds. The lowest BCUT2D eigenvalue weighted by Gasteiger charge is -2.11. The molecule has 24 heavy (non-hydrogen) atoms. The number of H-pyrrole nitrogens is 1. The van der Waals surface area contributed by atoms with Crippen molar-refractivity contribution in [2.24, 2.45) is 7.05 Å². The van der Waals surface area contributed by atoms with Crippen molar-refractivity contribution < 1.29 is 9.84 Å². The van der Waals surface area contributed by atoms with Gasteiger partial charge in [0.2, 0.25) is 5.88 Å². The standard InChI is InChI=1S/C17H15N5O2/c1-22-7-6-19-17(22)16(23)14-9-15(21-10-20-14)24-12-2-3-13-11(8-12)4-5-18-13/h2-10,16,18,23H,1H3. The third-order valence-corrected chi connectivity index (χ3v) is 3.79. The summed E-state index contributed by atoms with van der Waals surface area (Å²) in [5.41, 5.74) is 1.47. The number of aliphatic hydroxyl groups is 1. The molecule has 7 nitrogen and oxygen atoms in total. The summed E-state index contributed by atoms with van der Waals surface area (Å²) in [4.78, 5) is 15.5. The van der Waals surface area contributed by atoms with Gasteiger partial charge in [-0.05, 0) is 24.3 Å². The Hall–Kier alpha value is -3.19. The molecule has 3 heterocycles. The van der Waals surface area contributed by atoms with Crippen molar-refractivity contribution in [3.63, 3.8) is 0 Å². The Morgan fingerprint density at radius 1 is 1.17 bits per heavy atom. The van der Waals surface area contributed by atoms with E-state index in [0.717, 1.165) is 10.9 Å². The van der Waals surface area contributed by atoms with Gasteiger partial charge < -0.3 is 19.4 Å². The molecule has 0 spiro atoms. The second kappa shape index (κ2) is 5.78. The number of aryl methyl sites for hydroxylation is 1. The molecule has 1 unspecified atom stereocenters. The van der Waals surface area contributed by atoms with E-state index in [1.165, 1.54) is 6.33 Å². The van der Waals surface area contributed by atoms with E-state index in [4.69, 9.17) is 4.74 Å². The van der Waals surface area contributed by atoms with Crippen LogP contribution in [0.25, 0.3) is 10.9 Å². The number of benzene rings is 1. The number of aromatic nitrogens is 5. The largest absolute Gasteiger partial charge is 0.439 e. The predicted octanol–water partition coefficient (Wildman–Crippen LogP) is 2.57. The molecule has 0 aliphatic carbocycles. The summed E-state index contributed by atoms with van der Waals surface area (Å²) < 4.78 is 7.53. The second-order valence-electron chi connectivity index (χ2n) is 5.41. The van der Waals surface area contributed by atoms with Crippen LogP contribution in [0.4, 0.5) is 0 Å². The van der Waals surface area contributed by atoms with Crippen LogP contribution in [-0.4, -0.2) is 29.6 Å². The summed E-state index contributed by atoms with van der Waals surface area (Å²) in [6, 6.07) is 9.30. The number of imidazole rings is 1. The fourth-order valence-corrected chi connectivity index (χ4v) is 2.55. The molecule has 1 aromatic carbocycles. The van der Waals surface area contributed by atoms with E-state index in [1.807, 2.05) is 37.5 Å². The van der Waals surface area contributed by atoms with E-state index in [9.17, 15) is 5.11 Å². The number of aliphatic hydroxyl groups excluding tert-OH is 1. The number of nitrogens with one attached hydrogen (secondary N) is 1. The van der Waals surface area contributed by atoms with Crippen LogP contribution in [0.5, 0.6) is 11.6 Å². The maximum atomic E-state index is 10.4. The van der Waals surface area contributed by atoms with Gasteiger partial charge in [-0.2, -0.15) is 0 Å². The summed E-state index contributed by atoms with van der Waals surface area (Å²) >= 11 is 0. The molecule has 7 heteroatoms. The van der Waals surface area contributed by atoms with Gasteiger partial charge in [0, 0.05) is 42.6 Å². The van der Waals surface area contributed by atoms with Crippen LogP contribution >= 0.6 is 0 Å². The first-order valence-corrected chi connectivity index (χ1v) is 7.43. The zero-order valence-corrected chi connectivity index (χ0v) is 12.9. The van der Waals surface area contributed by atoms with Crippen molar-refractivity contribution in [1.82, 2.24) is 24.5 Å². The topological polar surface area (TPSA) is 88.9 Å². The summed E-state index contributed by atoms with van der Waals surface area (Å²) in [5, 5.41) is 11.5. The number of hydrogen-bond donors (Lipinski definition) is 2. The molecule has 0 saturated carbocycles. The first-order valence-electron chi connectivity index (χ1n) is 7.43. The minimum absolute atomic E-state index is 0.364. The Kier molecular flexibility index (Phi) is 3.47. The van der Waals surface area contributed by atoms with Crippen LogP contribution in [0.3, 0.4) is 0 Å². The molecule has 1 atom stereocenters. The Morgan fingerprint density at radius 3 is 2.92 bits per heavy atom. The number of nitrogens with zero attached hydrogens (tertiary/aromatic N) is 4. The lowest BCUT2D eigenvalue weighted by Crippen LogP contribution is -2.09. The van der Waals surface area contributed by atoms with Gasteiger partial charge >= 0.3 is 0 Å². The van der Waals surface area contributed by atoms with Gasteiger partial charge in [0.05, 0.1) is 5.69 Å². The first-order chi connectivity index (χ1) is 11.7. The maximum Gasteiger partial charge on any atom is 0.222 e. The minimum Gasteiger partial charge on any atom is -0.439 e. The predicted molar refractivity (Wildman–Crippen MR) is 87.7 cm³/mol. The van der Waals surface area contributed by atoms with Gasteiger partial charge in [-0.15, -0.1) is 0 Å². The zero-order valence-electron chi connectivity index (χ0n) is 12.9. The fraction of sp³-hybridized carbons (Fsp3) is 0.118. The van der Waals surface area contributed by atoms with Crippen LogP contribution in [0.15, 0.2) is 55.2 Å². The van der Waals surface area contributed by atoms with E-state index in [2.05, 4.69) is 19.9 Å². The number of aromatic amines is 1. The van der Waals surface area contributed by atoms with Crippen molar-refractivity contribution in [3.05, 3.63) is 66.8 Å². The Bertz CT molecular complexity index is 991. The summed E-state index contributed by atoms with van der Waals surface area (Å²) in [5.74, 6) is 1.54. The molecule has 4 aromatic rings. The summed E-state index contributed by atoms with van der Waals surface area (Å²) in [7, 11) is 1.82. The SMILES string of the molecule is Cn1ccnc1C(O)c1cc(Oc2ccc3[nH]ccc3c2)ncn1. The molecule has 0 radical (unpaired) electrons. The van der Waals surface area contributed by atoms with Crippen molar-refractivity contribution in [2.45, 2.75) is 6.10 Å². The molecule has 0 aliphatic rings. The van der Waals surface area contributed by atoms with Gasteiger partial charge in [0.25, 0.3) is 0 Å². The van der Waals surface area contributed by atoms with Crippen LogP contribution < -0.4 is 4.74 Å². The molecule has 3 aromatic heterocycles. The van der Waals surface area contributed by atoms with Crippen LogP contribution in [0.2, 0.25) is 0 Å². The third kappa shape index (κ3) is 2.61. The smallest absolute Gasteiger partial charge is 0.222 e. The number of rotatable bonds is 4. The highest BCUT2D eigenvalue weighted by Gasteiger charge is 2.17. The Morgan fingerprint density at radius 2 is 2.08 bits per heavy atom. The van der Waals surface area contributed by atoms with Gasteiger partial charge in [-0.3, -0.25) is 0 Å². The van der Waals surface area contributed by atoms with Gasteiger partial charge in [0.1, 0.15) is 17.9 Å². The van der Waals surface area contributed by atoms with E-state index in [1.54, 1.807) is 23.0 Å². The molecule has 120 valence electrons. The molecule has 2 N–H and O–H groups in total. The molecule has 0 bridgehead atoms. The van der Waals surface area contributed by atoms with Crippen LogP contribution in [-0.2, 0) is 7.05 Å². The van der Waals surface area contributed by atoms with E-state index >= 15 is 0 Å². The normalized spacial score (nSPS) is 12.4. The Balaban J connectivity index is 1.61. The number of fused-ring (bicyclic) bond motifs is 1. The highest BCUT2D eigenvalue weighted by Crippen LogP contribution is 2.26. The van der Waals surface area contributed by atoms with E-state index in [0.29, 0.717) is 23.1 Å². The van der Waals surface area contributed by atoms with Gasteiger partial charge in [-0.1, -0.05) is 0 Å².